The van der Waals surface area contributed by atoms with Gasteiger partial charge < -0.3 is 0 Å². The third kappa shape index (κ3) is 3.67. The van der Waals surface area contributed by atoms with Crippen LogP contribution < -0.4 is 11.1 Å². The molecule has 0 unspecified atom stereocenters. The minimum Gasteiger partial charge on any atom is -0.296 e. The Labute approximate surface area is 146 Å². The molecule has 2 aromatic carbocycles. The van der Waals surface area contributed by atoms with E-state index in [1.807, 2.05) is 6.07 Å². The maximum Gasteiger partial charge on any atom is 0.331 e. The Morgan fingerprint density at radius 2 is 1.84 bits per heavy atom. The van der Waals surface area contributed by atoms with Crippen molar-refractivity contribution in [3.8, 4) is 5.69 Å². The minimum atomic E-state index is -0.517. The molecule has 0 spiro atoms. The number of nitrogens with one attached hydrogen (secondary N) is 2. The Morgan fingerprint density at radius 3 is 2.52 bits per heavy atom. The first-order chi connectivity index (χ1) is 12.1. The molecule has 0 aliphatic carbocycles. The number of H-pyrrole nitrogens is 1. The van der Waals surface area contributed by atoms with E-state index >= 15 is 0 Å². The van der Waals surface area contributed by atoms with E-state index in [1.54, 1.807) is 24.3 Å². The number of nitrogens with zero attached hydrogens (tertiary/aromatic N) is 2. The molecule has 1 aromatic heterocycles. The maximum absolute atomic E-state index is 12.9. The van der Waals surface area contributed by atoms with E-state index in [0.29, 0.717) is 5.69 Å². The van der Waals surface area contributed by atoms with Crippen molar-refractivity contribution < 1.29 is 9.18 Å². The van der Waals surface area contributed by atoms with Gasteiger partial charge in [0.25, 0.3) is 5.91 Å². The van der Waals surface area contributed by atoms with Gasteiger partial charge in [0.1, 0.15) is 16.7 Å². The van der Waals surface area contributed by atoms with Crippen molar-refractivity contribution in [2.45, 2.75) is 0 Å². The summed E-state index contributed by atoms with van der Waals surface area (Å²) in [7, 11) is 0. The number of hydrogen-bond donors (Lipinski definition) is 2. The van der Waals surface area contributed by atoms with E-state index in [9.17, 15) is 14.0 Å². The Kier molecular flexibility index (Phi) is 4.76. The topological polar surface area (TPSA) is 79.2 Å². The number of rotatable bonds is 4. The molecule has 0 aliphatic heterocycles. The number of hydrogen-bond acceptors (Lipinski definition) is 3. The highest BCUT2D eigenvalue weighted by Gasteiger charge is 2.12. The first kappa shape index (κ1) is 16.7. The summed E-state index contributed by atoms with van der Waals surface area (Å²) in [6, 6.07) is 13.9. The number of carbonyl (C=O) groups excluding carboxylic acids is 1. The van der Waals surface area contributed by atoms with E-state index in [0.717, 1.165) is 0 Å². The van der Waals surface area contributed by atoms with Crippen LogP contribution >= 0.6 is 11.6 Å². The van der Waals surface area contributed by atoms with Crippen LogP contribution in [0.5, 0.6) is 0 Å². The number of amides is 1. The van der Waals surface area contributed by atoms with E-state index in [4.69, 9.17) is 11.6 Å². The average molecular weight is 359 g/mol. The number of aromatic amines is 1. The zero-order valence-corrected chi connectivity index (χ0v) is 13.5. The lowest BCUT2D eigenvalue weighted by molar-refractivity contribution is 0.0955. The molecule has 25 heavy (non-hydrogen) atoms. The Balaban J connectivity index is 1.83. The second kappa shape index (κ2) is 7.14. The molecule has 0 bridgehead atoms. The number of imidazole rings is 1. The molecule has 8 heteroatoms. The van der Waals surface area contributed by atoms with Crippen molar-refractivity contribution in [3.63, 3.8) is 0 Å². The van der Waals surface area contributed by atoms with E-state index < -0.39 is 17.4 Å². The van der Waals surface area contributed by atoms with Gasteiger partial charge in [0.2, 0.25) is 0 Å². The molecular weight excluding hydrogens is 347 g/mol. The Bertz CT molecular complexity index is 978. The fourth-order valence-electron chi connectivity index (χ4n) is 2.19. The Hall–Kier alpha value is -3.19. The van der Waals surface area contributed by atoms with Crippen LogP contribution in [0.4, 0.5) is 4.39 Å². The van der Waals surface area contributed by atoms with Gasteiger partial charge in [-0.1, -0.05) is 29.8 Å². The summed E-state index contributed by atoms with van der Waals surface area (Å²) >= 11 is 6.03. The molecule has 6 nitrogen and oxygen atoms in total. The van der Waals surface area contributed by atoms with Gasteiger partial charge in [-0.3, -0.25) is 14.3 Å². The monoisotopic (exact) mass is 358 g/mol. The maximum atomic E-state index is 12.9. The molecule has 0 radical (unpaired) electrons. The predicted octanol–water partition coefficient (Wildman–Crippen LogP) is 2.72. The lowest BCUT2D eigenvalue weighted by atomic mass is 10.2. The van der Waals surface area contributed by atoms with Crippen LogP contribution in [0.15, 0.2) is 64.5 Å². The number of hydrazone groups is 1. The molecule has 1 amide bonds. The third-order valence-corrected chi connectivity index (χ3v) is 3.65. The summed E-state index contributed by atoms with van der Waals surface area (Å²) < 4.78 is 14.2. The normalized spacial score (nSPS) is 11.0. The lowest BCUT2D eigenvalue weighted by Crippen LogP contribution is -2.19. The smallest absolute Gasteiger partial charge is 0.296 e. The van der Waals surface area contributed by atoms with Gasteiger partial charge in [-0.2, -0.15) is 5.10 Å². The fraction of sp³-hybridized carbons (Fsp3) is 0. The summed E-state index contributed by atoms with van der Waals surface area (Å²) in [5, 5.41) is 3.91. The second-order valence-corrected chi connectivity index (χ2v) is 5.38. The minimum absolute atomic E-state index is 0.0913. The molecule has 2 N–H and O–H groups in total. The molecule has 0 saturated heterocycles. The zero-order chi connectivity index (χ0) is 17.8. The molecule has 0 atom stereocenters. The van der Waals surface area contributed by atoms with Crippen LogP contribution in [0.2, 0.25) is 5.15 Å². The number of aromatic nitrogens is 2. The van der Waals surface area contributed by atoms with Crippen LogP contribution in [0, 0.1) is 5.82 Å². The largest absolute Gasteiger partial charge is 0.331 e. The first-order valence-electron chi connectivity index (χ1n) is 7.21. The number of carbonyl (C=O) groups is 1. The molecule has 0 aliphatic rings. The summed E-state index contributed by atoms with van der Waals surface area (Å²) in [6.07, 6.45) is 1.26. The number of benzene rings is 2. The molecule has 0 fully saturated rings. The van der Waals surface area contributed by atoms with E-state index in [-0.39, 0.29) is 16.4 Å². The summed E-state index contributed by atoms with van der Waals surface area (Å²) in [5.74, 6) is -0.956. The van der Waals surface area contributed by atoms with Crippen LogP contribution in [0.3, 0.4) is 0 Å². The number of para-hydroxylation sites is 1. The molecule has 3 aromatic rings. The second-order valence-electron chi connectivity index (χ2n) is 5.01. The van der Waals surface area contributed by atoms with E-state index in [1.165, 1.54) is 35.0 Å². The SMILES string of the molecule is O=C(N/N=C/c1c(Cl)[nH]c(=O)n1-c1ccccc1)c1ccc(F)cc1. The zero-order valence-electron chi connectivity index (χ0n) is 12.7. The van der Waals surface area contributed by atoms with Crippen molar-refractivity contribution in [2.75, 3.05) is 0 Å². The highest BCUT2D eigenvalue weighted by molar-refractivity contribution is 6.31. The number of halogens is 2. The lowest BCUT2D eigenvalue weighted by Gasteiger charge is -2.04. The first-order valence-corrected chi connectivity index (χ1v) is 7.59. The molecular formula is C17H12ClFN4O2. The molecule has 3 rings (SSSR count). The summed E-state index contributed by atoms with van der Waals surface area (Å²) in [6.45, 7) is 0. The van der Waals surface area contributed by atoms with Gasteiger partial charge in [0, 0.05) is 5.56 Å². The summed E-state index contributed by atoms with van der Waals surface area (Å²) in [4.78, 5) is 26.5. The molecule has 1 heterocycles. The van der Waals surface area contributed by atoms with Gasteiger partial charge in [0.05, 0.1) is 11.9 Å². The Morgan fingerprint density at radius 1 is 1.16 bits per heavy atom. The van der Waals surface area contributed by atoms with Crippen LogP contribution in [0.25, 0.3) is 5.69 Å². The summed E-state index contributed by atoms with van der Waals surface area (Å²) in [5.41, 5.74) is 3.01. The van der Waals surface area contributed by atoms with E-state index in [2.05, 4.69) is 15.5 Å². The average Bonchev–Trinajstić information content (AvgIpc) is 2.89. The van der Waals surface area contributed by atoms with Crippen LogP contribution in [0.1, 0.15) is 16.1 Å². The standard InChI is InChI=1S/C17H12ClFN4O2/c18-15-14(23(17(25)21-15)13-4-2-1-3-5-13)10-20-22-16(24)11-6-8-12(19)9-7-11/h1-10H,(H,21,25)(H,22,24)/b20-10+. The van der Waals surface area contributed by atoms with Crippen LogP contribution in [-0.2, 0) is 0 Å². The van der Waals surface area contributed by atoms with Crippen molar-refractivity contribution in [1.82, 2.24) is 15.0 Å². The quantitative estimate of drug-likeness (QED) is 0.555. The fourth-order valence-corrected chi connectivity index (χ4v) is 2.40. The van der Waals surface area contributed by atoms with Gasteiger partial charge >= 0.3 is 5.69 Å². The van der Waals surface area contributed by atoms with Crippen LogP contribution in [-0.4, -0.2) is 21.7 Å². The van der Waals surface area contributed by atoms with Crippen molar-refractivity contribution >= 4 is 23.7 Å². The third-order valence-electron chi connectivity index (χ3n) is 3.36. The van der Waals surface area contributed by atoms with Gasteiger partial charge in [0.15, 0.2) is 0 Å². The molecule has 126 valence electrons. The van der Waals surface area contributed by atoms with Gasteiger partial charge in [-0.25, -0.2) is 14.6 Å². The molecule has 0 saturated carbocycles. The predicted molar refractivity (Wildman–Crippen MR) is 92.9 cm³/mol. The van der Waals surface area contributed by atoms with Crippen molar-refractivity contribution in [2.24, 2.45) is 5.10 Å². The van der Waals surface area contributed by atoms with Crippen molar-refractivity contribution in [3.05, 3.63) is 87.3 Å². The highest BCUT2D eigenvalue weighted by atomic mass is 35.5. The van der Waals surface area contributed by atoms with Gasteiger partial charge in [-0.05, 0) is 36.4 Å². The van der Waals surface area contributed by atoms with Crippen molar-refractivity contribution in [1.29, 1.82) is 0 Å². The van der Waals surface area contributed by atoms with Gasteiger partial charge in [-0.15, -0.1) is 0 Å². The highest BCUT2D eigenvalue weighted by Crippen LogP contribution is 2.14.